The van der Waals surface area contributed by atoms with Crippen LogP contribution in [0.5, 0.6) is 0 Å². The van der Waals surface area contributed by atoms with E-state index in [1.807, 2.05) is 23.1 Å². The van der Waals surface area contributed by atoms with Gasteiger partial charge in [0.05, 0.1) is 33.0 Å². The molecule has 1 aliphatic carbocycles. The lowest BCUT2D eigenvalue weighted by atomic mass is 9.82. The van der Waals surface area contributed by atoms with Crippen LogP contribution in [0.25, 0.3) is 10.2 Å². The average Bonchev–Trinajstić information content (AvgIpc) is 3.49. The molecule has 5 rings (SSSR count). The summed E-state index contributed by atoms with van der Waals surface area (Å²) in [5.41, 5.74) is 1.58. The third-order valence-corrected chi connectivity index (χ3v) is 7.46. The summed E-state index contributed by atoms with van der Waals surface area (Å²) in [7, 11) is 0. The zero-order valence-electron chi connectivity index (χ0n) is 17.2. The number of hydrogen-bond donors (Lipinski definition) is 1. The Bertz CT molecular complexity index is 1060. The molecule has 2 amide bonds. The molecule has 160 valence electrons. The smallest absolute Gasteiger partial charge is 0.257 e. The van der Waals surface area contributed by atoms with E-state index in [4.69, 9.17) is 9.40 Å². The van der Waals surface area contributed by atoms with Gasteiger partial charge in [-0.15, -0.1) is 11.3 Å². The summed E-state index contributed by atoms with van der Waals surface area (Å²) in [6.07, 6.45) is 10.4. The largest absolute Gasteiger partial charge is 0.472 e. The van der Waals surface area contributed by atoms with Crippen LogP contribution in [0.1, 0.15) is 47.0 Å². The van der Waals surface area contributed by atoms with Crippen LogP contribution in [0.4, 0.5) is 0 Å². The number of carbonyl (C=O) groups excluding carboxylic acids is 2. The van der Waals surface area contributed by atoms with Crippen molar-refractivity contribution in [2.24, 2.45) is 5.92 Å². The highest BCUT2D eigenvalue weighted by Gasteiger charge is 2.34. The van der Waals surface area contributed by atoms with Crippen molar-refractivity contribution in [3.63, 3.8) is 0 Å². The number of fused-ring (bicyclic) bond motifs is 1. The third kappa shape index (κ3) is 4.14. The summed E-state index contributed by atoms with van der Waals surface area (Å²) >= 11 is 1.70. The van der Waals surface area contributed by atoms with E-state index in [-0.39, 0.29) is 29.7 Å². The molecule has 1 fully saturated rings. The van der Waals surface area contributed by atoms with E-state index in [2.05, 4.69) is 23.5 Å². The van der Waals surface area contributed by atoms with E-state index in [9.17, 15) is 9.59 Å². The zero-order valence-corrected chi connectivity index (χ0v) is 18.0. The number of piperidine rings is 1. The second-order valence-corrected chi connectivity index (χ2v) is 9.32. The van der Waals surface area contributed by atoms with Crippen LogP contribution < -0.4 is 5.32 Å². The summed E-state index contributed by atoms with van der Waals surface area (Å²) in [6, 6.07) is 9.93. The van der Waals surface area contributed by atoms with Crippen LogP contribution in [0.2, 0.25) is 0 Å². The molecule has 3 aromatic rings. The molecule has 1 aliphatic heterocycles. The van der Waals surface area contributed by atoms with E-state index in [0.29, 0.717) is 18.7 Å². The lowest BCUT2D eigenvalue weighted by molar-refractivity contribution is -0.126. The minimum atomic E-state index is -0.101. The van der Waals surface area contributed by atoms with E-state index in [1.165, 1.54) is 17.2 Å². The van der Waals surface area contributed by atoms with E-state index < -0.39 is 0 Å². The Morgan fingerprint density at radius 2 is 1.90 bits per heavy atom. The number of aromatic nitrogens is 1. The number of allylic oxidation sites excluding steroid dienone is 2. The lowest BCUT2D eigenvalue weighted by Gasteiger charge is -2.34. The predicted molar refractivity (Wildman–Crippen MR) is 120 cm³/mol. The number of nitrogens with one attached hydrogen (secondary N) is 1. The van der Waals surface area contributed by atoms with Gasteiger partial charge in [0, 0.05) is 25.0 Å². The fourth-order valence-corrected chi connectivity index (χ4v) is 5.68. The molecule has 0 bridgehead atoms. The molecule has 7 heteroatoms. The molecule has 3 heterocycles. The third-order valence-electron chi connectivity index (χ3n) is 6.29. The maximum atomic E-state index is 13.2. The maximum absolute atomic E-state index is 13.2. The number of nitrogens with zero attached hydrogens (tertiary/aromatic N) is 2. The molecule has 0 radical (unpaired) electrons. The van der Waals surface area contributed by atoms with Crippen LogP contribution >= 0.6 is 11.3 Å². The summed E-state index contributed by atoms with van der Waals surface area (Å²) in [5.74, 6) is 0.112. The van der Waals surface area contributed by atoms with Crippen molar-refractivity contribution in [3.05, 3.63) is 65.6 Å². The second-order valence-electron chi connectivity index (χ2n) is 8.26. The van der Waals surface area contributed by atoms with Crippen LogP contribution in [0.3, 0.4) is 0 Å². The molecule has 0 spiro atoms. The topological polar surface area (TPSA) is 75.4 Å². The van der Waals surface area contributed by atoms with Gasteiger partial charge in [0.25, 0.3) is 5.91 Å². The Morgan fingerprint density at radius 3 is 2.68 bits per heavy atom. The highest BCUT2D eigenvalue weighted by molar-refractivity contribution is 7.18. The average molecular weight is 436 g/mol. The Morgan fingerprint density at radius 1 is 1.10 bits per heavy atom. The first-order valence-electron chi connectivity index (χ1n) is 10.8. The van der Waals surface area contributed by atoms with Gasteiger partial charge in [0.1, 0.15) is 6.26 Å². The Balaban J connectivity index is 1.22. The van der Waals surface area contributed by atoms with E-state index >= 15 is 0 Å². The van der Waals surface area contributed by atoms with Gasteiger partial charge < -0.3 is 14.6 Å². The monoisotopic (exact) mass is 435 g/mol. The number of likely N-dealkylation sites (tertiary alicyclic amines) is 1. The Hall–Kier alpha value is -2.93. The van der Waals surface area contributed by atoms with Gasteiger partial charge in [-0.3, -0.25) is 9.59 Å². The number of hydrogen-bond acceptors (Lipinski definition) is 5. The molecule has 0 unspecified atom stereocenters. The predicted octanol–water partition coefficient (Wildman–Crippen LogP) is 4.36. The molecular weight excluding hydrogens is 410 g/mol. The summed E-state index contributed by atoms with van der Waals surface area (Å²) in [6.45, 7) is 1.28. The second kappa shape index (κ2) is 8.67. The molecule has 31 heavy (non-hydrogen) atoms. The van der Waals surface area contributed by atoms with Gasteiger partial charge in [0.2, 0.25) is 5.91 Å². The van der Waals surface area contributed by atoms with Gasteiger partial charge in [-0.2, -0.15) is 0 Å². The van der Waals surface area contributed by atoms with Gasteiger partial charge in [-0.1, -0.05) is 24.3 Å². The molecule has 1 aromatic carbocycles. The summed E-state index contributed by atoms with van der Waals surface area (Å²) in [5, 5.41) is 4.31. The van der Waals surface area contributed by atoms with Crippen LogP contribution in [0, 0.1) is 5.92 Å². The standard InChI is InChI=1S/C24H25N3O3S/c28-22(25-17-9-12-27(13-10-17)24(29)16-11-14-30-15-16)18-5-1-2-6-19(18)23-26-20-7-3-4-8-21(20)31-23/h1-4,7-8,11,14-15,17-19H,5-6,9-10,12-13H2,(H,25,28)/t18-,19-/m1/s1. The number of benzene rings is 1. The number of furan rings is 1. The van der Waals surface area contributed by atoms with Gasteiger partial charge in [-0.25, -0.2) is 4.98 Å². The summed E-state index contributed by atoms with van der Waals surface area (Å²) in [4.78, 5) is 32.3. The molecule has 2 atom stereocenters. The van der Waals surface area contributed by atoms with Crippen LogP contribution in [0.15, 0.2) is 59.4 Å². The molecule has 1 N–H and O–H groups in total. The van der Waals surface area contributed by atoms with E-state index in [1.54, 1.807) is 17.4 Å². The fraction of sp³-hybridized carbons (Fsp3) is 0.375. The number of para-hydroxylation sites is 1. The number of rotatable bonds is 4. The van der Waals surface area contributed by atoms with Gasteiger partial charge in [-0.05, 0) is 43.9 Å². The Kier molecular flexibility index (Phi) is 5.59. The number of thiazole rings is 1. The van der Waals surface area contributed by atoms with Crippen molar-refractivity contribution in [2.75, 3.05) is 13.1 Å². The van der Waals surface area contributed by atoms with Gasteiger partial charge >= 0.3 is 0 Å². The minimum absolute atomic E-state index is 0.00755. The zero-order chi connectivity index (χ0) is 21.2. The van der Waals surface area contributed by atoms with Crippen molar-refractivity contribution in [2.45, 2.75) is 37.6 Å². The molecule has 6 nitrogen and oxygen atoms in total. The molecule has 2 aromatic heterocycles. The number of carbonyl (C=O) groups is 2. The van der Waals surface area contributed by atoms with Crippen molar-refractivity contribution < 1.29 is 14.0 Å². The van der Waals surface area contributed by atoms with Crippen molar-refractivity contribution in [3.8, 4) is 0 Å². The quantitative estimate of drug-likeness (QED) is 0.618. The maximum Gasteiger partial charge on any atom is 0.257 e. The molecular formula is C24H25N3O3S. The first-order chi connectivity index (χ1) is 15.2. The first kappa shape index (κ1) is 20.0. The first-order valence-corrected chi connectivity index (χ1v) is 11.6. The minimum Gasteiger partial charge on any atom is -0.472 e. The number of amides is 2. The normalized spacial score (nSPS) is 22.0. The fourth-order valence-electron chi connectivity index (χ4n) is 4.53. The summed E-state index contributed by atoms with van der Waals surface area (Å²) < 4.78 is 6.19. The van der Waals surface area contributed by atoms with Gasteiger partial charge in [0.15, 0.2) is 0 Å². The molecule has 2 aliphatic rings. The lowest BCUT2D eigenvalue weighted by Crippen LogP contribution is -2.48. The van der Waals surface area contributed by atoms with Crippen molar-refractivity contribution in [1.29, 1.82) is 0 Å². The van der Waals surface area contributed by atoms with E-state index in [0.717, 1.165) is 36.2 Å². The highest BCUT2D eigenvalue weighted by Crippen LogP contribution is 2.38. The van der Waals surface area contributed by atoms with Crippen LogP contribution in [-0.2, 0) is 4.79 Å². The van der Waals surface area contributed by atoms with Crippen LogP contribution in [-0.4, -0.2) is 40.8 Å². The van der Waals surface area contributed by atoms with Crippen molar-refractivity contribution in [1.82, 2.24) is 15.2 Å². The Labute approximate surface area is 185 Å². The SMILES string of the molecule is O=C(NC1CCN(C(=O)c2ccoc2)CC1)[C@@H]1CC=CC[C@H]1c1nc2ccccc2s1. The van der Waals surface area contributed by atoms with Crippen molar-refractivity contribution >= 4 is 33.4 Å². The molecule has 0 saturated carbocycles. The molecule has 1 saturated heterocycles. The highest BCUT2D eigenvalue weighted by atomic mass is 32.1.